The Hall–Kier alpha value is 1.80. The van der Waals surface area contributed by atoms with Gasteiger partial charge >= 0.3 is 9.05 Å². The van der Waals surface area contributed by atoms with E-state index in [1.807, 2.05) is 0 Å². The SMILES string of the molecule is O[Si](O)(O)OCCCCCC(CCC(Cl)Cl)(CCC(Cl)Cl)CCC(Cl)Cl. The lowest BCUT2D eigenvalue weighted by Gasteiger charge is -2.35. The van der Waals surface area contributed by atoms with E-state index in [1.54, 1.807) is 0 Å². The Morgan fingerprint density at radius 3 is 1.42 bits per heavy atom. The monoisotopic (exact) mass is 510 g/mol. The topological polar surface area (TPSA) is 69.9 Å². The van der Waals surface area contributed by atoms with Crippen LogP contribution in [0.15, 0.2) is 0 Å². The molecule has 0 radical (unpaired) electrons. The van der Waals surface area contributed by atoms with Crippen LogP contribution in [0.25, 0.3) is 0 Å². The van der Waals surface area contributed by atoms with Gasteiger partial charge in [-0.25, -0.2) is 0 Å². The zero-order chi connectivity index (χ0) is 20.2. The summed E-state index contributed by atoms with van der Waals surface area (Å²) in [4.78, 5) is 25.1. The van der Waals surface area contributed by atoms with Crippen molar-refractivity contribution in [2.24, 2.45) is 5.41 Å². The molecule has 4 nitrogen and oxygen atoms in total. The summed E-state index contributed by atoms with van der Waals surface area (Å²) in [5.41, 5.74) is -0.0591. The normalized spacial score (nSPS) is 13.4. The molecule has 0 heterocycles. The third-order valence-corrected chi connectivity index (χ3v) is 6.23. The lowest BCUT2D eigenvalue weighted by atomic mass is 9.72. The molecule has 0 spiro atoms. The van der Waals surface area contributed by atoms with Crippen LogP contribution in [0.3, 0.4) is 0 Å². The fourth-order valence-electron chi connectivity index (χ4n) is 2.98. The molecule has 3 N–H and O–H groups in total. The number of rotatable bonds is 16. The van der Waals surface area contributed by atoms with E-state index in [4.69, 9.17) is 84.0 Å². The second-order valence-electron chi connectivity index (χ2n) is 6.52. The fourth-order valence-corrected chi connectivity index (χ4v) is 4.06. The molecule has 0 saturated heterocycles. The van der Waals surface area contributed by atoms with Gasteiger partial charge in [-0.15, -0.1) is 69.6 Å². The highest BCUT2D eigenvalue weighted by molar-refractivity contribution is 6.48. The summed E-state index contributed by atoms with van der Waals surface area (Å²) in [7, 11) is -4.42. The minimum absolute atomic E-state index is 0.0591. The van der Waals surface area contributed by atoms with Gasteiger partial charge < -0.3 is 18.8 Å². The molecule has 0 unspecified atom stereocenters. The second kappa shape index (κ2) is 14.7. The number of halogens is 6. The summed E-state index contributed by atoms with van der Waals surface area (Å²) in [5, 5.41) is 0. The standard InChI is InChI=1S/C15H28Cl6O4Si/c16-12(17)4-8-15(9-5-13(18)19,10-6-14(20)21)7-2-1-3-11-25-26(22,23)24/h12-14,22-24H,1-11H2. The number of unbranched alkanes of at least 4 members (excludes halogenated alkanes) is 2. The van der Waals surface area contributed by atoms with Gasteiger partial charge in [0, 0.05) is 6.61 Å². The predicted octanol–water partition coefficient (Wildman–Crippen LogP) is 5.71. The number of alkyl halides is 6. The quantitative estimate of drug-likeness (QED) is 0.141. The zero-order valence-electron chi connectivity index (χ0n) is 14.5. The molecule has 158 valence electrons. The first kappa shape index (κ1) is 27.8. The van der Waals surface area contributed by atoms with Gasteiger partial charge in [-0.05, 0) is 56.8 Å². The lowest BCUT2D eigenvalue weighted by molar-refractivity contribution is 0.0613. The highest BCUT2D eigenvalue weighted by Crippen LogP contribution is 2.43. The molecule has 0 aliphatic rings. The van der Waals surface area contributed by atoms with E-state index in [-0.39, 0.29) is 12.0 Å². The van der Waals surface area contributed by atoms with Crippen molar-refractivity contribution < 1.29 is 18.8 Å². The molecule has 0 aliphatic heterocycles. The number of hydrogen-bond acceptors (Lipinski definition) is 4. The first-order valence-corrected chi connectivity index (χ1v) is 13.0. The maximum atomic E-state index is 8.82. The minimum atomic E-state index is -4.42. The Morgan fingerprint density at radius 2 is 1.08 bits per heavy atom. The molecular formula is C15H28Cl6O4Si. The highest BCUT2D eigenvalue weighted by atomic mass is 35.5. The van der Waals surface area contributed by atoms with Crippen LogP contribution >= 0.6 is 69.6 Å². The van der Waals surface area contributed by atoms with Crippen molar-refractivity contribution in [1.82, 2.24) is 0 Å². The molecule has 11 heteroatoms. The molecule has 0 amide bonds. The molecule has 0 aromatic heterocycles. The molecule has 26 heavy (non-hydrogen) atoms. The van der Waals surface area contributed by atoms with Gasteiger partial charge in [-0.2, -0.15) is 0 Å². The molecule has 0 aromatic carbocycles. The van der Waals surface area contributed by atoms with Crippen molar-refractivity contribution >= 4 is 78.7 Å². The van der Waals surface area contributed by atoms with Gasteiger partial charge in [-0.1, -0.05) is 12.8 Å². The summed E-state index contributed by atoms with van der Waals surface area (Å²) in [5.74, 6) is 0. The van der Waals surface area contributed by atoms with Crippen LogP contribution in [-0.2, 0) is 4.43 Å². The predicted molar refractivity (Wildman–Crippen MR) is 113 cm³/mol. The van der Waals surface area contributed by atoms with E-state index in [0.717, 1.165) is 38.5 Å². The smallest absolute Gasteiger partial charge is 0.368 e. The summed E-state index contributed by atoms with van der Waals surface area (Å²) in [6.45, 7) is 0.102. The van der Waals surface area contributed by atoms with Crippen molar-refractivity contribution in [1.29, 1.82) is 0 Å². The summed E-state index contributed by atoms with van der Waals surface area (Å²) >= 11 is 35.6. The largest absolute Gasteiger partial charge is 0.671 e. The van der Waals surface area contributed by atoms with Gasteiger partial charge in [0.15, 0.2) is 0 Å². The third kappa shape index (κ3) is 16.7. The Morgan fingerprint density at radius 1 is 0.654 bits per heavy atom. The van der Waals surface area contributed by atoms with Crippen LogP contribution in [0.2, 0.25) is 0 Å². The third-order valence-electron chi connectivity index (χ3n) is 4.33. The van der Waals surface area contributed by atoms with E-state index in [0.29, 0.717) is 25.7 Å². The van der Waals surface area contributed by atoms with Crippen molar-refractivity contribution in [2.45, 2.75) is 78.7 Å². The first-order valence-electron chi connectivity index (χ1n) is 8.61. The molecule has 0 saturated carbocycles. The molecule has 0 atom stereocenters. The van der Waals surface area contributed by atoms with Crippen LogP contribution in [0.1, 0.15) is 64.2 Å². The van der Waals surface area contributed by atoms with Crippen molar-refractivity contribution in [3.05, 3.63) is 0 Å². The number of hydrogen-bond donors (Lipinski definition) is 3. The van der Waals surface area contributed by atoms with Crippen LogP contribution in [0.4, 0.5) is 0 Å². The van der Waals surface area contributed by atoms with Gasteiger partial charge in [0.1, 0.15) is 14.5 Å². The van der Waals surface area contributed by atoms with Crippen molar-refractivity contribution in [2.75, 3.05) is 6.61 Å². The van der Waals surface area contributed by atoms with E-state index in [1.165, 1.54) is 0 Å². The Kier molecular flexibility index (Phi) is 15.7. The second-order valence-corrected chi connectivity index (χ2v) is 11.8. The molecule has 0 fully saturated rings. The van der Waals surface area contributed by atoms with E-state index in [9.17, 15) is 0 Å². The Balaban J connectivity index is 4.67. The van der Waals surface area contributed by atoms with Crippen LogP contribution in [0.5, 0.6) is 0 Å². The average Bonchev–Trinajstić information content (AvgIpc) is 2.50. The molecule has 0 aromatic rings. The van der Waals surface area contributed by atoms with Crippen molar-refractivity contribution in [3.8, 4) is 0 Å². The van der Waals surface area contributed by atoms with Gasteiger partial charge in [0.05, 0.1) is 0 Å². The average molecular weight is 513 g/mol. The van der Waals surface area contributed by atoms with E-state index < -0.39 is 23.6 Å². The van der Waals surface area contributed by atoms with Gasteiger partial charge in [-0.3, -0.25) is 0 Å². The molecule has 0 aliphatic carbocycles. The Bertz CT molecular complexity index is 324. The lowest BCUT2D eigenvalue weighted by Crippen LogP contribution is -2.39. The zero-order valence-corrected chi connectivity index (χ0v) is 20.1. The van der Waals surface area contributed by atoms with Crippen LogP contribution in [-0.4, -0.2) is 44.6 Å². The first-order chi connectivity index (χ1) is 12.0. The van der Waals surface area contributed by atoms with Crippen LogP contribution < -0.4 is 0 Å². The molecular weight excluding hydrogens is 485 g/mol. The van der Waals surface area contributed by atoms with Crippen LogP contribution in [0, 0.1) is 5.41 Å². The van der Waals surface area contributed by atoms with E-state index >= 15 is 0 Å². The summed E-state index contributed by atoms with van der Waals surface area (Å²) < 4.78 is 4.60. The van der Waals surface area contributed by atoms with Gasteiger partial charge in [0.2, 0.25) is 0 Å². The maximum absolute atomic E-state index is 8.82. The minimum Gasteiger partial charge on any atom is -0.368 e. The molecule has 0 bridgehead atoms. The molecule has 0 rings (SSSR count). The summed E-state index contributed by atoms with van der Waals surface area (Å²) in [6.07, 6.45) is 7.65. The highest BCUT2D eigenvalue weighted by Gasteiger charge is 2.31. The maximum Gasteiger partial charge on any atom is 0.671 e. The van der Waals surface area contributed by atoms with Gasteiger partial charge in [0.25, 0.3) is 0 Å². The van der Waals surface area contributed by atoms with Crippen molar-refractivity contribution in [3.63, 3.8) is 0 Å². The van der Waals surface area contributed by atoms with E-state index in [2.05, 4.69) is 4.43 Å². The Labute approximate surface area is 187 Å². The fraction of sp³-hybridized carbons (Fsp3) is 1.00. The summed E-state index contributed by atoms with van der Waals surface area (Å²) in [6, 6.07) is 0.